The topological polar surface area (TPSA) is 59.3 Å². The van der Waals surface area contributed by atoms with Crippen molar-refractivity contribution in [1.29, 1.82) is 0 Å². The number of aromatic nitrogens is 2. The van der Waals surface area contributed by atoms with Gasteiger partial charge < -0.3 is 0 Å². The van der Waals surface area contributed by atoms with Gasteiger partial charge in [-0.2, -0.15) is 35.1 Å². The van der Waals surface area contributed by atoms with Gasteiger partial charge in [-0.3, -0.25) is 4.79 Å². The van der Waals surface area contributed by atoms with Crippen molar-refractivity contribution in [2.75, 3.05) is 11.5 Å². The monoisotopic (exact) mass is 354 g/mol. The number of alkyl halides is 3. The minimum Gasteiger partial charge on any atom is -0.267 e. The Bertz CT molecular complexity index is 763. The van der Waals surface area contributed by atoms with Gasteiger partial charge in [-0.05, 0) is 24.3 Å². The zero-order valence-corrected chi connectivity index (χ0v) is 13.2. The summed E-state index contributed by atoms with van der Waals surface area (Å²) in [5, 5.41) is 7.63. The van der Waals surface area contributed by atoms with Crippen molar-refractivity contribution in [3.8, 4) is 5.69 Å². The number of carbonyl (C=O) groups excluding carboxylic acids is 1. The molecule has 0 aliphatic carbocycles. The molecule has 0 spiro atoms. The molecule has 0 unspecified atom stereocenters. The second kappa shape index (κ2) is 6.68. The van der Waals surface area contributed by atoms with Crippen LogP contribution in [0.15, 0.2) is 41.6 Å². The van der Waals surface area contributed by atoms with Crippen molar-refractivity contribution >= 4 is 23.4 Å². The number of hydrogen-bond acceptors (Lipinski definition) is 4. The Labute approximate surface area is 139 Å². The zero-order chi connectivity index (χ0) is 17.2. The highest BCUT2D eigenvalue weighted by atomic mass is 32.2. The van der Waals surface area contributed by atoms with Crippen LogP contribution in [0.1, 0.15) is 22.5 Å². The molecule has 9 heteroatoms. The Morgan fingerprint density at radius 1 is 1.29 bits per heavy atom. The first-order chi connectivity index (χ1) is 11.5. The number of carbonyl (C=O) groups is 1. The van der Waals surface area contributed by atoms with Crippen LogP contribution in [-0.4, -0.2) is 32.9 Å². The fourth-order valence-corrected chi connectivity index (χ4v) is 3.25. The average Bonchev–Trinajstić information content (AvgIpc) is 3.22. The van der Waals surface area contributed by atoms with Crippen LogP contribution in [0.4, 0.5) is 13.2 Å². The molecule has 2 heterocycles. The van der Waals surface area contributed by atoms with E-state index in [1.165, 1.54) is 12.1 Å². The Hall–Kier alpha value is -2.29. The number of halogens is 3. The van der Waals surface area contributed by atoms with Gasteiger partial charge in [0.1, 0.15) is 0 Å². The van der Waals surface area contributed by atoms with Crippen LogP contribution in [0.5, 0.6) is 0 Å². The first-order valence-corrected chi connectivity index (χ1v) is 8.26. The van der Waals surface area contributed by atoms with Crippen LogP contribution in [0.3, 0.4) is 0 Å². The molecule has 1 aliphatic rings. The summed E-state index contributed by atoms with van der Waals surface area (Å²) in [5.41, 5.74) is 1.51. The maximum absolute atomic E-state index is 13.4. The number of nitrogens with one attached hydrogen (secondary N) is 1. The van der Waals surface area contributed by atoms with E-state index in [1.807, 2.05) is 0 Å². The summed E-state index contributed by atoms with van der Waals surface area (Å²) >= 11 is 1.66. The van der Waals surface area contributed by atoms with E-state index in [4.69, 9.17) is 0 Å². The van der Waals surface area contributed by atoms with Crippen LogP contribution in [0, 0.1) is 0 Å². The molecular formula is C15H13F3N4OS. The molecular weight excluding hydrogens is 341 g/mol. The second-order valence-corrected chi connectivity index (χ2v) is 6.18. The van der Waals surface area contributed by atoms with E-state index in [-0.39, 0.29) is 5.69 Å². The summed E-state index contributed by atoms with van der Waals surface area (Å²) in [7, 11) is 0. The van der Waals surface area contributed by atoms with E-state index >= 15 is 0 Å². The fraction of sp³-hybridized carbons (Fsp3) is 0.267. The zero-order valence-electron chi connectivity index (χ0n) is 12.4. The van der Waals surface area contributed by atoms with Gasteiger partial charge >= 0.3 is 6.18 Å². The second-order valence-electron chi connectivity index (χ2n) is 5.07. The molecule has 126 valence electrons. The van der Waals surface area contributed by atoms with E-state index in [1.54, 1.807) is 30.0 Å². The Balaban J connectivity index is 1.94. The number of benzene rings is 1. The predicted octanol–water partition coefficient (Wildman–Crippen LogP) is 3.11. The summed E-state index contributed by atoms with van der Waals surface area (Å²) in [6.07, 6.45) is -3.09. The number of amides is 1. The molecule has 1 aliphatic heterocycles. The maximum Gasteiger partial charge on any atom is 0.434 e. The standard InChI is InChI=1S/C15H13F3N4OS/c16-15(17,18)13-12(14(23)21-20-10-6-7-24-9-10)8-19-22(13)11-4-2-1-3-5-11/h1-5,8H,6-7,9H2,(H,21,23)/b20-10+. The summed E-state index contributed by atoms with van der Waals surface area (Å²) in [6, 6.07) is 7.85. The molecule has 2 aromatic rings. The normalized spacial score (nSPS) is 16.5. The Kier molecular flexibility index (Phi) is 4.61. The molecule has 3 rings (SSSR count). The minimum atomic E-state index is -4.73. The van der Waals surface area contributed by atoms with E-state index in [9.17, 15) is 18.0 Å². The minimum absolute atomic E-state index is 0.224. The SMILES string of the molecule is O=C(N/N=C1\CCSC1)c1cnn(-c2ccccc2)c1C(F)(F)F. The largest absolute Gasteiger partial charge is 0.434 e. The van der Waals surface area contributed by atoms with Crippen LogP contribution in [-0.2, 0) is 6.18 Å². The molecule has 0 atom stereocenters. The van der Waals surface area contributed by atoms with Gasteiger partial charge in [0.05, 0.1) is 17.4 Å². The Morgan fingerprint density at radius 3 is 2.67 bits per heavy atom. The summed E-state index contributed by atoms with van der Waals surface area (Å²) in [5.74, 6) is 0.651. The summed E-state index contributed by atoms with van der Waals surface area (Å²) in [4.78, 5) is 12.1. The third-order valence-electron chi connectivity index (χ3n) is 3.40. The number of hydrazone groups is 1. The van der Waals surface area contributed by atoms with Gasteiger partial charge in [0.2, 0.25) is 0 Å². The maximum atomic E-state index is 13.4. The van der Waals surface area contributed by atoms with Gasteiger partial charge in [-0.15, -0.1) is 0 Å². The van der Waals surface area contributed by atoms with Gasteiger partial charge in [0, 0.05) is 11.5 Å². The number of thioether (sulfide) groups is 1. The van der Waals surface area contributed by atoms with Crippen molar-refractivity contribution in [3.63, 3.8) is 0 Å². The van der Waals surface area contributed by atoms with E-state index in [2.05, 4.69) is 15.6 Å². The molecule has 5 nitrogen and oxygen atoms in total. The molecule has 1 fully saturated rings. The van der Waals surface area contributed by atoms with E-state index in [0.29, 0.717) is 10.4 Å². The van der Waals surface area contributed by atoms with Crippen molar-refractivity contribution in [2.24, 2.45) is 5.10 Å². The van der Waals surface area contributed by atoms with Crippen LogP contribution >= 0.6 is 11.8 Å². The number of para-hydroxylation sites is 1. The third-order valence-corrected chi connectivity index (χ3v) is 4.43. The molecule has 24 heavy (non-hydrogen) atoms. The highest BCUT2D eigenvalue weighted by Gasteiger charge is 2.40. The molecule has 1 N–H and O–H groups in total. The molecule has 1 amide bonds. The third kappa shape index (κ3) is 3.45. The highest BCUT2D eigenvalue weighted by molar-refractivity contribution is 8.00. The van der Waals surface area contributed by atoms with Gasteiger partial charge in [-0.25, -0.2) is 10.1 Å². The molecule has 1 saturated heterocycles. The number of nitrogens with zero attached hydrogens (tertiary/aromatic N) is 3. The first-order valence-electron chi connectivity index (χ1n) is 7.11. The molecule has 0 saturated carbocycles. The van der Waals surface area contributed by atoms with Crippen LogP contribution < -0.4 is 5.43 Å². The van der Waals surface area contributed by atoms with Gasteiger partial charge in [0.15, 0.2) is 5.69 Å². The molecule has 0 radical (unpaired) electrons. The van der Waals surface area contributed by atoms with Gasteiger partial charge in [-0.1, -0.05) is 18.2 Å². The van der Waals surface area contributed by atoms with Crippen LogP contribution in [0.25, 0.3) is 5.69 Å². The average molecular weight is 354 g/mol. The van der Waals surface area contributed by atoms with Crippen molar-refractivity contribution < 1.29 is 18.0 Å². The quantitative estimate of drug-likeness (QED) is 0.862. The lowest BCUT2D eigenvalue weighted by atomic mass is 10.2. The van der Waals surface area contributed by atoms with E-state index in [0.717, 1.165) is 24.1 Å². The van der Waals surface area contributed by atoms with E-state index < -0.39 is 23.3 Å². The number of rotatable bonds is 3. The highest BCUT2D eigenvalue weighted by Crippen LogP contribution is 2.33. The smallest absolute Gasteiger partial charge is 0.267 e. The van der Waals surface area contributed by atoms with Crippen molar-refractivity contribution in [2.45, 2.75) is 12.6 Å². The summed E-state index contributed by atoms with van der Waals surface area (Å²) < 4.78 is 41.1. The van der Waals surface area contributed by atoms with Crippen LogP contribution in [0.2, 0.25) is 0 Å². The molecule has 0 bridgehead atoms. The lowest BCUT2D eigenvalue weighted by Gasteiger charge is -2.12. The Morgan fingerprint density at radius 2 is 2.04 bits per heavy atom. The first kappa shape index (κ1) is 16.6. The van der Waals surface area contributed by atoms with Crippen molar-refractivity contribution in [1.82, 2.24) is 15.2 Å². The molecule has 1 aromatic carbocycles. The summed E-state index contributed by atoms with van der Waals surface area (Å²) in [6.45, 7) is 0. The molecule has 1 aromatic heterocycles. The lowest BCUT2D eigenvalue weighted by molar-refractivity contribution is -0.143. The lowest BCUT2D eigenvalue weighted by Crippen LogP contribution is -2.24. The number of hydrogen-bond donors (Lipinski definition) is 1. The fourth-order valence-electron chi connectivity index (χ4n) is 2.28. The predicted molar refractivity (Wildman–Crippen MR) is 85.4 cm³/mol. The van der Waals surface area contributed by atoms with Crippen molar-refractivity contribution in [3.05, 3.63) is 47.8 Å². The van der Waals surface area contributed by atoms with Gasteiger partial charge in [0.25, 0.3) is 5.91 Å².